The van der Waals surface area contributed by atoms with Crippen LogP contribution in [0.3, 0.4) is 0 Å². The molecule has 0 spiro atoms. The Bertz CT molecular complexity index is 538. The van der Waals surface area contributed by atoms with Gasteiger partial charge in [-0.25, -0.2) is 0 Å². The summed E-state index contributed by atoms with van der Waals surface area (Å²) < 4.78 is 0. The molecule has 0 saturated heterocycles. The lowest BCUT2D eigenvalue weighted by atomic mass is 10.2. The van der Waals surface area contributed by atoms with Gasteiger partial charge in [-0.15, -0.1) is 0 Å². The molecule has 0 aliphatic rings. The number of thioether (sulfide) groups is 1. The molecule has 0 fully saturated rings. The molecule has 1 aromatic carbocycles. The average Bonchev–Trinajstić information content (AvgIpc) is 2.42. The Morgan fingerprint density at radius 1 is 1.36 bits per heavy atom. The fourth-order valence-corrected chi connectivity index (χ4v) is 2.61. The van der Waals surface area contributed by atoms with E-state index in [1.807, 2.05) is 31.3 Å². The molecule has 0 aliphatic heterocycles. The van der Waals surface area contributed by atoms with Gasteiger partial charge in [0.05, 0.1) is 11.4 Å². The SMILES string of the molecule is CSCC[C@H](NC(C)=O)C(=O)Nc1cc(Cl)ccc1N(C)C. The first-order chi connectivity index (χ1) is 10.3. The normalized spacial score (nSPS) is 11.7. The van der Waals surface area contributed by atoms with E-state index in [1.165, 1.54) is 6.92 Å². The van der Waals surface area contributed by atoms with Crippen molar-refractivity contribution in [1.82, 2.24) is 5.32 Å². The van der Waals surface area contributed by atoms with Crippen molar-refractivity contribution in [2.75, 3.05) is 36.3 Å². The van der Waals surface area contributed by atoms with Gasteiger partial charge in [-0.05, 0) is 36.6 Å². The van der Waals surface area contributed by atoms with E-state index in [-0.39, 0.29) is 11.8 Å². The third kappa shape index (κ3) is 5.77. The number of benzene rings is 1. The molecule has 7 heteroatoms. The first kappa shape index (κ1) is 18.6. The molecule has 0 unspecified atom stereocenters. The highest BCUT2D eigenvalue weighted by atomic mass is 35.5. The highest BCUT2D eigenvalue weighted by Gasteiger charge is 2.20. The Hall–Kier alpha value is -1.40. The van der Waals surface area contributed by atoms with Crippen LogP contribution < -0.4 is 15.5 Å². The van der Waals surface area contributed by atoms with Gasteiger partial charge in [-0.2, -0.15) is 11.8 Å². The van der Waals surface area contributed by atoms with E-state index in [2.05, 4.69) is 10.6 Å². The molecule has 1 atom stereocenters. The smallest absolute Gasteiger partial charge is 0.247 e. The number of amides is 2. The number of hydrogen-bond donors (Lipinski definition) is 2. The van der Waals surface area contributed by atoms with Gasteiger partial charge < -0.3 is 15.5 Å². The second-order valence-corrected chi connectivity index (χ2v) is 6.50. The molecule has 0 heterocycles. The van der Waals surface area contributed by atoms with Crippen LogP contribution in [0.5, 0.6) is 0 Å². The second-order valence-electron chi connectivity index (χ2n) is 5.08. The van der Waals surface area contributed by atoms with E-state index in [0.29, 0.717) is 17.1 Å². The zero-order chi connectivity index (χ0) is 16.7. The van der Waals surface area contributed by atoms with Crippen LogP contribution in [0.2, 0.25) is 5.02 Å². The molecule has 0 aliphatic carbocycles. The van der Waals surface area contributed by atoms with Crippen LogP contribution in [0.4, 0.5) is 11.4 Å². The Kier molecular flexibility index (Phi) is 7.55. The van der Waals surface area contributed by atoms with Crippen LogP contribution in [0.1, 0.15) is 13.3 Å². The van der Waals surface area contributed by atoms with E-state index < -0.39 is 6.04 Å². The minimum Gasteiger partial charge on any atom is -0.376 e. The minimum atomic E-state index is -0.557. The summed E-state index contributed by atoms with van der Waals surface area (Å²) in [6.07, 6.45) is 2.54. The Balaban J connectivity index is 2.92. The molecule has 2 N–H and O–H groups in total. The number of nitrogens with zero attached hydrogens (tertiary/aromatic N) is 1. The van der Waals surface area contributed by atoms with Crippen LogP contribution in [0, 0.1) is 0 Å². The van der Waals surface area contributed by atoms with E-state index >= 15 is 0 Å². The van der Waals surface area contributed by atoms with E-state index in [1.54, 1.807) is 23.9 Å². The zero-order valence-corrected chi connectivity index (χ0v) is 14.8. The van der Waals surface area contributed by atoms with Crippen molar-refractivity contribution < 1.29 is 9.59 Å². The molecule has 5 nitrogen and oxygen atoms in total. The summed E-state index contributed by atoms with van der Waals surface area (Å²) in [7, 11) is 3.77. The van der Waals surface area contributed by atoms with Crippen LogP contribution >= 0.6 is 23.4 Å². The van der Waals surface area contributed by atoms with E-state index in [4.69, 9.17) is 11.6 Å². The third-order valence-corrected chi connectivity index (χ3v) is 3.88. The number of halogens is 1. The van der Waals surface area contributed by atoms with Crippen LogP contribution in [0.25, 0.3) is 0 Å². The van der Waals surface area contributed by atoms with Crippen molar-refractivity contribution in [2.24, 2.45) is 0 Å². The molecule has 0 saturated carbocycles. The van der Waals surface area contributed by atoms with Gasteiger partial charge in [0.25, 0.3) is 0 Å². The number of rotatable bonds is 7. The van der Waals surface area contributed by atoms with Gasteiger partial charge in [0.2, 0.25) is 11.8 Å². The first-order valence-corrected chi connectivity index (χ1v) is 8.66. The highest BCUT2D eigenvalue weighted by molar-refractivity contribution is 7.98. The molecule has 122 valence electrons. The third-order valence-electron chi connectivity index (χ3n) is 3.00. The van der Waals surface area contributed by atoms with Crippen molar-refractivity contribution in [3.8, 4) is 0 Å². The minimum absolute atomic E-state index is 0.222. The maximum atomic E-state index is 12.4. The van der Waals surface area contributed by atoms with Crippen LogP contribution in [-0.2, 0) is 9.59 Å². The van der Waals surface area contributed by atoms with Gasteiger partial charge in [0.1, 0.15) is 6.04 Å². The first-order valence-electron chi connectivity index (χ1n) is 6.89. The van der Waals surface area contributed by atoms with Gasteiger partial charge in [0, 0.05) is 26.0 Å². The summed E-state index contributed by atoms with van der Waals surface area (Å²) in [6.45, 7) is 1.41. The van der Waals surface area contributed by atoms with Crippen LogP contribution in [0.15, 0.2) is 18.2 Å². The standard InChI is InChI=1S/C15H22ClN3O2S/c1-10(20)17-12(7-8-22-4)15(21)18-13-9-11(16)5-6-14(13)19(2)3/h5-6,9,12H,7-8H2,1-4H3,(H,17,20)(H,18,21)/t12-/m0/s1. The summed E-state index contributed by atoms with van der Waals surface area (Å²) in [5.74, 6) is 0.323. The monoisotopic (exact) mass is 343 g/mol. The lowest BCUT2D eigenvalue weighted by Gasteiger charge is -2.21. The van der Waals surface area contributed by atoms with Crippen LogP contribution in [-0.4, -0.2) is 44.0 Å². The number of carbonyl (C=O) groups is 2. The topological polar surface area (TPSA) is 61.4 Å². The molecular weight excluding hydrogens is 322 g/mol. The summed E-state index contributed by atoms with van der Waals surface area (Å²) in [5.41, 5.74) is 1.48. The number of anilines is 2. The second kappa shape index (κ2) is 8.90. The van der Waals surface area contributed by atoms with Gasteiger partial charge in [0.15, 0.2) is 0 Å². The predicted octanol–water partition coefficient (Wildman–Crippen LogP) is 2.60. The van der Waals surface area contributed by atoms with Crippen molar-refractivity contribution in [3.63, 3.8) is 0 Å². The van der Waals surface area contributed by atoms with Gasteiger partial charge in [-0.1, -0.05) is 11.6 Å². The Morgan fingerprint density at radius 2 is 2.05 bits per heavy atom. The molecule has 2 amide bonds. The predicted molar refractivity (Wildman–Crippen MR) is 95.0 cm³/mol. The summed E-state index contributed by atoms with van der Waals surface area (Å²) in [6, 6.07) is 4.76. The van der Waals surface area contributed by atoms with E-state index in [9.17, 15) is 9.59 Å². The molecule has 0 radical (unpaired) electrons. The van der Waals surface area contributed by atoms with Crippen molar-refractivity contribution in [2.45, 2.75) is 19.4 Å². The largest absolute Gasteiger partial charge is 0.376 e. The van der Waals surface area contributed by atoms with Gasteiger partial charge in [-0.3, -0.25) is 9.59 Å². The zero-order valence-electron chi connectivity index (χ0n) is 13.3. The molecule has 1 rings (SSSR count). The fraction of sp³-hybridized carbons (Fsp3) is 0.467. The number of carbonyl (C=O) groups excluding carboxylic acids is 2. The van der Waals surface area contributed by atoms with Crippen molar-refractivity contribution in [3.05, 3.63) is 23.2 Å². The van der Waals surface area contributed by atoms with E-state index in [0.717, 1.165) is 11.4 Å². The Labute approximate surface area is 140 Å². The summed E-state index contributed by atoms with van der Waals surface area (Å²) in [4.78, 5) is 25.6. The maximum Gasteiger partial charge on any atom is 0.247 e. The van der Waals surface area contributed by atoms with Crippen molar-refractivity contribution in [1.29, 1.82) is 0 Å². The molecule has 22 heavy (non-hydrogen) atoms. The lowest BCUT2D eigenvalue weighted by molar-refractivity contribution is -0.125. The molecule has 1 aromatic rings. The highest BCUT2D eigenvalue weighted by Crippen LogP contribution is 2.28. The number of nitrogens with one attached hydrogen (secondary N) is 2. The quantitative estimate of drug-likeness (QED) is 0.799. The van der Waals surface area contributed by atoms with Crippen molar-refractivity contribution >= 4 is 46.6 Å². The Morgan fingerprint density at radius 3 is 2.59 bits per heavy atom. The lowest BCUT2D eigenvalue weighted by Crippen LogP contribution is -2.43. The molecular formula is C15H22ClN3O2S. The summed E-state index contributed by atoms with van der Waals surface area (Å²) >= 11 is 7.64. The molecule has 0 bridgehead atoms. The average molecular weight is 344 g/mol. The van der Waals surface area contributed by atoms with Gasteiger partial charge >= 0.3 is 0 Å². The fourth-order valence-electron chi connectivity index (χ4n) is 1.97. The molecule has 0 aromatic heterocycles. The summed E-state index contributed by atoms with van der Waals surface area (Å²) in [5, 5.41) is 6.09. The number of hydrogen-bond acceptors (Lipinski definition) is 4. The maximum absolute atomic E-state index is 12.4.